The SMILES string of the molecule is CNCc1cccc(NC(=O)CCC(C)(C)C)c1.Cl. The molecule has 108 valence electrons. The molecule has 3 nitrogen and oxygen atoms in total. The van der Waals surface area contributed by atoms with Crippen LogP contribution in [0.15, 0.2) is 24.3 Å². The zero-order valence-corrected chi connectivity index (χ0v) is 13.1. The van der Waals surface area contributed by atoms with E-state index in [4.69, 9.17) is 0 Å². The van der Waals surface area contributed by atoms with E-state index in [1.807, 2.05) is 31.3 Å². The molecule has 0 radical (unpaired) electrons. The van der Waals surface area contributed by atoms with E-state index < -0.39 is 0 Å². The van der Waals surface area contributed by atoms with Crippen molar-refractivity contribution in [1.29, 1.82) is 0 Å². The molecule has 1 aromatic rings. The van der Waals surface area contributed by atoms with Gasteiger partial charge in [0.05, 0.1) is 0 Å². The summed E-state index contributed by atoms with van der Waals surface area (Å²) in [4.78, 5) is 11.8. The van der Waals surface area contributed by atoms with Crippen LogP contribution in [0.5, 0.6) is 0 Å². The molecule has 0 atom stereocenters. The van der Waals surface area contributed by atoms with E-state index in [9.17, 15) is 4.79 Å². The maximum Gasteiger partial charge on any atom is 0.224 e. The van der Waals surface area contributed by atoms with Crippen molar-refractivity contribution in [2.45, 2.75) is 40.2 Å². The lowest BCUT2D eigenvalue weighted by molar-refractivity contribution is -0.116. The van der Waals surface area contributed by atoms with Crippen LogP contribution in [0.2, 0.25) is 0 Å². The summed E-state index contributed by atoms with van der Waals surface area (Å²) in [5.74, 6) is 0.0894. The van der Waals surface area contributed by atoms with Crippen molar-refractivity contribution in [1.82, 2.24) is 5.32 Å². The van der Waals surface area contributed by atoms with E-state index in [1.165, 1.54) is 5.56 Å². The second kappa shape index (κ2) is 8.18. The first kappa shape index (κ1) is 17.9. The molecule has 19 heavy (non-hydrogen) atoms. The number of rotatable bonds is 5. The Morgan fingerprint density at radius 1 is 1.26 bits per heavy atom. The Balaban J connectivity index is 0.00000324. The van der Waals surface area contributed by atoms with Crippen LogP contribution in [-0.2, 0) is 11.3 Å². The van der Waals surface area contributed by atoms with Crippen LogP contribution < -0.4 is 10.6 Å². The fourth-order valence-corrected chi connectivity index (χ4v) is 1.68. The van der Waals surface area contributed by atoms with Crippen molar-refractivity contribution >= 4 is 24.0 Å². The third-order valence-electron chi connectivity index (χ3n) is 2.69. The number of carbonyl (C=O) groups excluding carboxylic acids is 1. The van der Waals surface area contributed by atoms with E-state index in [0.717, 1.165) is 18.7 Å². The summed E-state index contributed by atoms with van der Waals surface area (Å²) in [5, 5.41) is 6.04. The molecule has 0 aliphatic carbocycles. The molecule has 2 N–H and O–H groups in total. The van der Waals surface area contributed by atoms with Gasteiger partial charge < -0.3 is 10.6 Å². The Morgan fingerprint density at radius 2 is 1.95 bits per heavy atom. The van der Waals surface area contributed by atoms with Gasteiger partial charge in [-0.2, -0.15) is 0 Å². The highest BCUT2D eigenvalue weighted by Gasteiger charge is 2.12. The molecule has 1 amide bonds. The molecular weight excluding hydrogens is 260 g/mol. The Hall–Kier alpha value is -1.06. The number of halogens is 1. The van der Waals surface area contributed by atoms with Crippen LogP contribution in [0, 0.1) is 5.41 Å². The number of hydrogen-bond donors (Lipinski definition) is 2. The molecule has 1 rings (SSSR count). The average Bonchev–Trinajstić information content (AvgIpc) is 2.26. The zero-order chi connectivity index (χ0) is 13.6. The highest BCUT2D eigenvalue weighted by atomic mass is 35.5. The first-order valence-electron chi connectivity index (χ1n) is 6.44. The van der Waals surface area contributed by atoms with E-state index in [0.29, 0.717) is 6.42 Å². The lowest BCUT2D eigenvalue weighted by Gasteiger charge is -2.17. The molecule has 0 heterocycles. The van der Waals surface area contributed by atoms with Gasteiger partial charge in [0.1, 0.15) is 0 Å². The predicted molar refractivity (Wildman–Crippen MR) is 83.8 cm³/mol. The monoisotopic (exact) mass is 284 g/mol. The minimum Gasteiger partial charge on any atom is -0.326 e. The minimum atomic E-state index is 0. The first-order valence-corrected chi connectivity index (χ1v) is 6.44. The fraction of sp³-hybridized carbons (Fsp3) is 0.533. The van der Waals surface area contributed by atoms with Gasteiger partial charge in [-0.05, 0) is 36.6 Å². The van der Waals surface area contributed by atoms with Crippen LogP contribution in [0.3, 0.4) is 0 Å². The Bertz CT molecular complexity index is 399. The van der Waals surface area contributed by atoms with Crippen LogP contribution in [0.1, 0.15) is 39.2 Å². The third kappa shape index (κ3) is 7.85. The first-order chi connectivity index (χ1) is 8.40. The number of nitrogens with one attached hydrogen (secondary N) is 2. The molecule has 0 aliphatic heterocycles. The molecule has 0 spiro atoms. The molecule has 0 saturated carbocycles. The normalized spacial score (nSPS) is 10.7. The summed E-state index contributed by atoms with van der Waals surface area (Å²) in [6.45, 7) is 7.25. The maximum absolute atomic E-state index is 11.8. The van der Waals surface area contributed by atoms with Crippen LogP contribution in [0.25, 0.3) is 0 Å². The van der Waals surface area contributed by atoms with E-state index in [-0.39, 0.29) is 23.7 Å². The molecule has 0 saturated heterocycles. The van der Waals surface area contributed by atoms with Gasteiger partial charge in [0, 0.05) is 18.7 Å². The predicted octanol–water partition coefficient (Wildman–Crippen LogP) is 3.59. The number of anilines is 1. The maximum atomic E-state index is 11.8. The van der Waals surface area contributed by atoms with E-state index in [1.54, 1.807) is 0 Å². The Labute approximate surface area is 122 Å². The number of benzene rings is 1. The fourth-order valence-electron chi connectivity index (χ4n) is 1.68. The van der Waals surface area contributed by atoms with Gasteiger partial charge in [-0.15, -0.1) is 12.4 Å². The summed E-state index contributed by atoms with van der Waals surface area (Å²) in [5.41, 5.74) is 2.25. The van der Waals surface area contributed by atoms with Gasteiger partial charge in [0.2, 0.25) is 5.91 Å². The lowest BCUT2D eigenvalue weighted by atomic mass is 9.90. The molecule has 0 fully saturated rings. The highest BCUT2D eigenvalue weighted by Crippen LogP contribution is 2.21. The molecular formula is C15H25ClN2O. The lowest BCUT2D eigenvalue weighted by Crippen LogP contribution is -2.15. The minimum absolute atomic E-state index is 0. The largest absolute Gasteiger partial charge is 0.326 e. The highest BCUT2D eigenvalue weighted by molar-refractivity contribution is 5.90. The van der Waals surface area contributed by atoms with Gasteiger partial charge in [0.15, 0.2) is 0 Å². The summed E-state index contributed by atoms with van der Waals surface area (Å²) >= 11 is 0. The van der Waals surface area contributed by atoms with Crippen molar-refractivity contribution in [3.63, 3.8) is 0 Å². The zero-order valence-electron chi connectivity index (χ0n) is 12.2. The van der Waals surface area contributed by atoms with Crippen molar-refractivity contribution in [2.75, 3.05) is 12.4 Å². The van der Waals surface area contributed by atoms with E-state index >= 15 is 0 Å². The van der Waals surface area contributed by atoms with Gasteiger partial charge in [-0.25, -0.2) is 0 Å². The number of amides is 1. The van der Waals surface area contributed by atoms with Crippen LogP contribution in [-0.4, -0.2) is 13.0 Å². The topological polar surface area (TPSA) is 41.1 Å². The quantitative estimate of drug-likeness (QED) is 0.867. The Kier molecular flexibility index (Phi) is 7.72. The van der Waals surface area contributed by atoms with Gasteiger partial charge >= 0.3 is 0 Å². The standard InChI is InChI=1S/C15H24N2O.ClH/c1-15(2,3)9-8-14(18)17-13-7-5-6-12(10-13)11-16-4;/h5-7,10,16H,8-9,11H2,1-4H3,(H,17,18);1H. The third-order valence-corrected chi connectivity index (χ3v) is 2.69. The van der Waals surface area contributed by atoms with Gasteiger partial charge in [-0.1, -0.05) is 32.9 Å². The molecule has 0 aromatic heterocycles. The second-order valence-corrected chi connectivity index (χ2v) is 5.84. The molecule has 1 aromatic carbocycles. The summed E-state index contributed by atoms with van der Waals surface area (Å²) in [6.07, 6.45) is 1.47. The van der Waals surface area contributed by atoms with Gasteiger partial charge in [0.25, 0.3) is 0 Å². The molecule has 0 unspecified atom stereocenters. The van der Waals surface area contributed by atoms with E-state index in [2.05, 4.69) is 31.4 Å². The molecule has 4 heteroatoms. The van der Waals surface area contributed by atoms with Crippen LogP contribution in [0.4, 0.5) is 5.69 Å². The molecule has 0 bridgehead atoms. The summed E-state index contributed by atoms with van der Waals surface area (Å²) in [7, 11) is 1.91. The van der Waals surface area contributed by atoms with Crippen molar-refractivity contribution in [2.24, 2.45) is 5.41 Å². The van der Waals surface area contributed by atoms with Crippen molar-refractivity contribution < 1.29 is 4.79 Å². The summed E-state index contributed by atoms with van der Waals surface area (Å²) < 4.78 is 0. The summed E-state index contributed by atoms with van der Waals surface area (Å²) in [6, 6.07) is 7.94. The Morgan fingerprint density at radius 3 is 2.53 bits per heavy atom. The van der Waals surface area contributed by atoms with Crippen molar-refractivity contribution in [3.05, 3.63) is 29.8 Å². The second-order valence-electron chi connectivity index (χ2n) is 5.84. The number of hydrogen-bond acceptors (Lipinski definition) is 2. The van der Waals surface area contributed by atoms with Crippen LogP contribution >= 0.6 is 12.4 Å². The van der Waals surface area contributed by atoms with Gasteiger partial charge in [-0.3, -0.25) is 4.79 Å². The van der Waals surface area contributed by atoms with Crippen molar-refractivity contribution in [3.8, 4) is 0 Å². The number of carbonyl (C=O) groups is 1. The molecule has 0 aliphatic rings. The smallest absolute Gasteiger partial charge is 0.224 e. The average molecular weight is 285 g/mol.